The van der Waals surface area contributed by atoms with Crippen LogP contribution in [0, 0.1) is 0 Å². The van der Waals surface area contributed by atoms with E-state index in [1.54, 1.807) is 13.8 Å². The minimum Gasteiger partial charge on any atom is -0.480 e. The van der Waals surface area contributed by atoms with Gasteiger partial charge in [-0.05, 0) is 20.8 Å². The zero-order valence-corrected chi connectivity index (χ0v) is 9.56. The van der Waals surface area contributed by atoms with Crippen molar-refractivity contribution in [1.29, 1.82) is 0 Å². The zero-order valence-electron chi connectivity index (χ0n) is 9.56. The van der Waals surface area contributed by atoms with Crippen molar-refractivity contribution in [2.75, 3.05) is 6.54 Å². The summed E-state index contributed by atoms with van der Waals surface area (Å²) in [6.07, 6.45) is 0. The van der Waals surface area contributed by atoms with Gasteiger partial charge >= 0.3 is 12.0 Å². The van der Waals surface area contributed by atoms with Crippen molar-refractivity contribution >= 4 is 17.9 Å². The molecule has 1 atom stereocenters. The summed E-state index contributed by atoms with van der Waals surface area (Å²) in [5.74, 6) is -1.64. The van der Waals surface area contributed by atoms with Gasteiger partial charge in [-0.15, -0.1) is 0 Å². The van der Waals surface area contributed by atoms with E-state index in [1.165, 1.54) is 11.8 Å². The molecule has 0 saturated carbocycles. The summed E-state index contributed by atoms with van der Waals surface area (Å²) in [4.78, 5) is 34.0. The lowest BCUT2D eigenvalue weighted by atomic mass is 10.2. The van der Waals surface area contributed by atoms with Gasteiger partial charge in [-0.3, -0.25) is 19.8 Å². The van der Waals surface area contributed by atoms with Crippen molar-refractivity contribution in [3.63, 3.8) is 0 Å². The lowest BCUT2D eigenvalue weighted by molar-refractivity contribution is -0.140. The molecule has 0 saturated heterocycles. The fraction of sp³-hybridized carbons (Fsp3) is 0.667. The van der Waals surface area contributed by atoms with Crippen LogP contribution in [0.4, 0.5) is 4.79 Å². The highest BCUT2D eigenvalue weighted by Gasteiger charge is 2.26. The Morgan fingerprint density at radius 2 is 1.81 bits per heavy atom. The number of hydrogen-bond acceptors (Lipinski definition) is 4. The van der Waals surface area contributed by atoms with E-state index in [2.05, 4.69) is 0 Å². The number of rotatable bonds is 5. The van der Waals surface area contributed by atoms with Crippen LogP contribution < -0.4 is 11.1 Å². The first kappa shape index (κ1) is 14.4. The standard InChI is InChI=1S/C9H17N3O4/c1-5(2)12(4-7(13)14)6(3)8(15)11-9(10)16/h5-6H,4H2,1-3H3,(H,13,14)(H3,10,11,15,16). The van der Waals surface area contributed by atoms with Crippen molar-refractivity contribution in [2.24, 2.45) is 5.73 Å². The number of amides is 3. The van der Waals surface area contributed by atoms with E-state index >= 15 is 0 Å². The summed E-state index contributed by atoms with van der Waals surface area (Å²) in [7, 11) is 0. The van der Waals surface area contributed by atoms with E-state index in [4.69, 9.17) is 10.8 Å². The molecule has 0 aromatic rings. The number of nitrogens with two attached hydrogens (primary N) is 1. The second-order valence-electron chi connectivity index (χ2n) is 3.69. The minimum absolute atomic E-state index is 0.135. The monoisotopic (exact) mass is 231 g/mol. The third-order valence-electron chi connectivity index (χ3n) is 2.10. The molecule has 16 heavy (non-hydrogen) atoms. The van der Waals surface area contributed by atoms with Crippen molar-refractivity contribution in [1.82, 2.24) is 10.2 Å². The molecule has 0 aliphatic rings. The molecule has 0 radical (unpaired) electrons. The summed E-state index contributed by atoms with van der Waals surface area (Å²) in [6.45, 7) is 4.76. The van der Waals surface area contributed by atoms with E-state index < -0.39 is 23.9 Å². The van der Waals surface area contributed by atoms with Gasteiger partial charge in [-0.2, -0.15) is 0 Å². The predicted molar refractivity (Wildman–Crippen MR) is 56.7 cm³/mol. The average Bonchev–Trinajstić information content (AvgIpc) is 2.11. The van der Waals surface area contributed by atoms with E-state index in [-0.39, 0.29) is 12.6 Å². The maximum Gasteiger partial charge on any atom is 0.318 e. The summed E-state index contributed by atoms with van der Waals surface area (Å²) in [5, 5.41) is 10.6. The second-order valence-corrected chi connectivity index (χ2v) is 3.69. The van der Waals surface area contributed by atoms with Gasteiger partial charge < -0.3 is 10.8 Å². The largest absolute Gasteiger partial charge is 0.480 e. The predicted octanol–water partition coefficient (Wildman–Crippen LogP) is -0.635. The van der Waals surface area contributed by atoms with Gasteiger partial charge in [0.25, 0.3) is 0 Å². The van der Waals surface area contributed by atoms with Crippen LogP contribution in [-0.2, 0) is 9.59 Å². The third-order valence-corrected chi connectivity index (χ3v) is 2.10. The van der Waals surface area contributed by atoms with Gasteiger partial charge in [-0.25, -0.2) is 4.79 Å². The Hall–Kier alpha value is -1.63. The normalized spacial score (nSPS) is 12.6. The van der Waals surface area contributed by atoms with E-state index in [9.17, 15) is 14.4 Å². The zero-order chi connectivity index (χ0) is 12.9. The van der Waals surface area contributed by atoms with Gasteiger partial charge in [0.15, 0.2) is 0 Å². The molecule has 0 spiro atoms. The molecule has 7 heteroatoms. The van der Waals surface area contributed by atoms with Crippen LogP contribution in [0.5, 0.6) is 0 Å². The number of imide groups is 1. The first-order chi connectivity index (χ1) is 7.25. The van der Waals surface area contributed by atoms with Crippen LogP contribution in [-0.4, -0.2) is 46.5 Å². The number of primary amides is 1. The number of hydrogen-bond donors (Lipinski definition) is 3. The van der Waals surface area contributed by atoms with Crippen LogP contribution in [0.3, 0.4) is 0 Å². The molecule has 0 rings (SSSR count). The molecular weight excluding hydrogens is 214 g/mol. The summed E-state index contributed by atoms with van der Waals surface area (Å²) in [5.41, 5.74) is 4.80. The molecule has 0 bridgehead atoms. The van der Waals surface area contributed by atoms with Gasteiger partial charge in [0.1, 0.15) is 0 Å². The Labute approximate surface area is 93.6 Å². The molecule has 0 aliphatic carbocycles. The van der Waals surface area contributed by atoms with Crippen molar-refractivity contribution in [3.8, 4) is 0 Å². The number of carbonyl (C=O) groups is 3. The molecule has 0 aromatic heterocycles. The van der Waals surface area contributed by atoms with Crippen LogP contribution in [0.1, 0.15) is 20.8 Å². The number of carboxylic acid groups (broad SMARTS) is 1. The highest BCUT2D eigenvalue weighted by molar-refractivity contribution is 5.96. The first-order valence-corrected chi connectivity index (χ1v) is 4.83. The Bertz CT molecular complexity index is 290. The Balaban J connectivity index is 4.60. The molecule has 1 unspecified atom stereocenters. The SMILES string of the molecule is CC(C)N(CC(=O)O)C(C)C(=O)NC(N)=O. The lowest BCUT2D eigenvalue weighted by Gasteiger charge is -2.29. The second kappa shape index (κ2) is 6.06. The molecule has 3 amide bonds. The van der Waals surface area contributed by atoms with Crippen LogP contribution in [0.25, 0.3) is 0 Å². The molecular formula is C9H17N3O4. The number of carboxylic acids is 1. The Kier molecular flexibility index (Phi) is 5.44. The van der Waals surface area contributed by atoms with Crippen molar-refractivity contribution in [2.45, 2.75) is 32.9 Å². The van der Waals surface area contributed by atoms with Crippen molar-refractivity contribution in [3.05, 3.63) is 0 Å². The van der Waals surface area contributed by atoms with E-state index in [0.29, 0.717) is 0 Å². The maximum absolute atomic E-state index is 11.4. The molecule has 0 heterocycles. The highest BCUT2D eigenvalue weighted by Crippen LogP contribution is 2.05. The van der Waals surface area contributed by atoms with Crippen LogP contribution >= 0.6 is 0 Å². The first-order valence-electron chi connectivity index (χ1n) is 4.83. The Morgan fingerprint density at radius 3 is 2.12 bits per heavy atom. The summed E-state index contributed by atoms with van der Waals surface area (Å²) < 4.78 is 0. The number of carbonyl (C=O) groups excluding carboxylic acids is 2. The fourth-order valence-corrected chi connectivity index (χ4v) is 1.30. The van der Waals surface area contributed by atoms with Gasteiger partial charge in [0, 0.05) is 6.04 Å². The smallest absolute Gasteiger partial charge is 0.318 e. The van der Waals surface area contributed by atoms with Crippen LogP contribution in [0.15, 0.2) is 0 Å². The van der Waals surface area contributed by atoms with Crippen molar-refractivity contribution < 1.29 is 19.5 Å². The number of urea groups is 1. The lowest BCUT2D eigenvalue weighted by Crippen LogP contribution is -2.52. The maximum atomic E-state index is 11.4. The number of aliphatic carboxylic acids is 1. The molecule has 4 N–H and O–H groups in total. The van der Waals surface area contributed by atoms with Gasteiger partial charge in [-0.1, -0.05) is 0 Å². The van der Waals surface area contributed by atoms with Crippen LogP contribution in [0.2, 0.25) is 0 Å². The quantitative estimate of drug-likeness (QED) is 0.582. The molecule has 0 aliphatic heterocycles. The number of nitrogens with one attached hydrogen (secondary N) is 1. The van der Waals surface area contributed by atoms with E-state index in [1.807, 2.05) is 5.32 Å². The highest BCUT2D eigenvalue weighted by atomic mass is 16.4. The Morgan fingerprint density at radius 1 is 1.31 bits per heavy atom. The number of nitrogens with zero attached hydrogens (tertiary/aromatic N) is 1. The topological polar surface area (TPSA) is 113 Å². The van der Waals surface area contributed by atoms with Gasteiger partial charge in [0.2, 0.25) is 5.91 Å². The van der Waals surface area contributed by atoms with Gasteiger partial charge in [0.05, 0.1) is 12.6 Å². The molecule has 92 valence electrons. The molecule has 7 nitrogen and oxygen atoms in total. The third kappa shape index (κ3) is 4.74. The molecule has 0 aromatic carbocycles. The fourth-order valence-electron chi connectivity index (χ4n) is 1.30. The summed E-state index contributed by atoms with van der Waals surface area (Å²) in [6, 6.07) is -1.82. The molecule has 0 fully saturated rings. The minimum atomic E-state index is -1.03. The van der Waals surface area contributed by atoms with E-state index in [0.717, 1.165) is 0 Å². The average molecular weight is 231 g/mol. The summed E-state index contributed by atoms with van der Waals surface area (Å²) >= 11 is 0.